The van der Waals surface area contributed by atoms with E-state index >= 15 is 0 Å². The molecule has 0 heterocycles. The van der Waals surface area contributed by atoms with E-state index in [0.29, 0.717) is 0 Å². The number of hydrogen-bond donors (Lipinski definition) is 2. The van der Waals surface area contributed by atoms with Crippen LogP contribution >= 0.6 is 0 Å². The maximum Gasteiger partial charge on any atom is 0.157 e. The minimum absolute atomic E-state index is 0.0151. The fraction of sp³-hybridized carbons (Fsp3) is 0.455. The van der Waals surface area contributed by atoms with Gasteiger partial charge in [0.2, 0.25) is 0 Å². The molecule has 5 heteroatoms. The monoisotopic (exact) mass is 243 g/mol. The van der Waals surface area contributed by atoms with Crippen molar-refractivity contribution in [2.75, 3.05) is 12.4 Å². The summed E-state index contributed by atoms with van der Waals surface area (Å²) in [5.74, 6) is -0.0151. The summed E-state index contributed by atoms with van der Waals surface area (Å²) in [7, 11) is -3.33. The first kappa shape index (κ1) is 13.2. The van der Waals surface area contributed by atoms with Gasteiger partial charge in [0.05, 0.1) is 6.61 Å². The predicted molar refractivity (Wildman–Crippen MR) is 63.7 cm³/mol. The Morgan fingerprint density at radius 3 is 2.31 bits per heavy atom. The quantitative estimate of drug-likeness (QED) is 0.788. The van der Waals surface area contributed by atoms with Crippen LogP contribution in [0.2, 0.25) is 0 Å². The number of aliphatic hydroxyl groups excluding tert-OH is 1. The molecule has 90 valence electrons. The molecule has 1 aromatic rings. The van der Waals surface area contributed by atoms with Crippen molar-refractivity contribution in [1.82, 2.24) is 0 Å². The molecule has 0 radical (unpaired) electrons. The maximum atomic E-state index is 11.7. The van der Waals surface area contributed by atoms with Crippen molar-refractivity contribution in [3.05, 3.63) is 35.9 Å². The Balaban J connectivity index is 2.99. The molecular formula is C11H17NO3S. The first-order valence-corrected chi connectivity index (χ1v) is 6.87. The molecule has 0 amide bonds. The summed E-state index contributed by atoms with van der Waals surface area (Å²) in [5.41, 5.74) is 6.59. The van der Waals surface area contributed by atoms with Crippen LogP contribution in [0.3, 0.4) is 0 Å². The van der Waals surface area contributed by atoms with E-state index in [4.69, 9.17) is 10.8 Å². The van der Waals surface area contributed by atoms with Gasteiger partial charge in [0, 0.05) is 11.8 Å². The van der Waals surface area contributed by atoms with Crippen LogP contribution in [-0.2, 0) is 9.84 Å². The summed E-state index contributed by atoms with van der Waals surface area (Å²) in [4.78, 5) is 0. The number of benzene rings is 1. The Labute approximate surface area is 96.0 Å². The number of aliphatic hydroxyl groups is 1. The van der Waals surface area contributed by atoms with E-state index in [1.165, 1.54) is 0 Å². The van der Waals surface area contributed by atoms with Gasteiger partial charge in [0.15, 0.2) is 9.84 Å². The minimum Gasteiger partial charge on any atom is -0.395 e. The van der Waals surface area contributed by atoms with Crippen molar-refractivity contribution < 1.29 is 13.5 Å². The average molecular weight is 243 g/mol. The highest BCUT2D eigenvalue weighted by Crippen LogP contribution is 2.19. The lowest BCUT2D eigenvalue weighted by Gasteiger charge is -2.21. The van der Waals surface area contributed by atoms with Crippen LogP contribution in [0.1, 0.15) is 18.5 Å². The molecule has 4 nitrogen and oxygen atoms in total. The molecule has 0 bridgehead atoms. The summed E-state index contributed by atoms with van der Waals surface area (Å²) < 4.78 is 23.4. The fourth-order valence-corrected chi connectivity index (χ4v) is 2.81. The second-order valence-corrected chi connectivity index (χ2v) is 6.12. The lowest BCUT2D eigenvalue weighted by Crippen LogP contribution is -2.37. The third-order valence-corrected chi connectivity index (χ3v) is 4.80. The Morgan fingerprint density at radius 2 is 1.88 bits per heavy atom. The number of nitrogens with two attached hydrogens (primary N) is 1. The SMILES string of the molecule is CCS(=O)(=O)C(CO)C(N)c1ccccc1. The molecule has 0 aromatic heterocycles. The normalized spacial score (nSPS) is 15.7. The Bertz CT molecular complexity index is 416. The van der Waals surface area contributed by atoms with Crippen molar-refractivity contribution in [2.45, 2.75) is 18.2 Å². The van der Waals surface area contributed by atoms with Gasteiger partial charge in [0.1, 0.15) is 5.25 Å². The smallest absolute Gasteiger partial charge is 0.157 e. The first-order valence-electron chi connectivity index (χ1n) is 5.16. The summed E-state index contributed by atoms with van der Waals surface area (Å²) in [6.45, 7) is 1.10. The van der Waals surface area contributed by atoms with Crippen LogP contribution in [0.25, 0.3) is 0 Å². The molecule has 1 aromatic carbocycles. The molecule has 0 aliphatic rings. The van der Waals surface area contributed by atoms with Gasteiger partial charge in [-0.2, -0.15) is 0 Å². The van der Waals surface area contributed by atoms with Crippen LogP contribution in [-0.4, -0.2) is 31.1 Å². The largest absolute Gasteiger partial charge is 0.395 e. The third-order valence-electron chi connectivity index (χ3n) is 2.63. The molecule has 1 rings (SSSR count). The third kappa shape index (κ3) is 2.81. The lowest BCUT2D eigenvalue weighted by atomic mass is 10.1. The van der Waals surface area contributed by atoms with E-state index in [-0.39, 0.29) is 5.75 Å². The Kier molecular flexibility index (Phi) is 4.46. The van der Waals surface area contributed by atoms with Crippen LogP contribution in [0.15, 0.2) is 30.3 Å². The van der Waals surface area contributed by atoms with Crippen molar-refractivity contribution in [3.63, 3.8) is 0 Å². The first-order chi connectivity index (χ1) is 7.53. The lowest BCUT2D eigenvalue weighted by molar-refractivity contribution is 0.277. The fourth-order valence-electron chi connectivity index (χ4n) is 1.55. The van der Waals surface area contributed by atoms with E-state index in [1.54, 1.807) is 31.2 Å². The molecule has 16 heavy (non-hydrogen) atoms. The summed E-state index contributed by atoms with van der Waals surface area (Å²) in [6, 6.07) is 8.26. The highest BCUT2D eigenvalue weighted by molar-refractivity contribution is 7.92. The molecule has 2 unspecified atom stereocenters. The second-order valence-electron chi connectivity index (χ2n) is 3.61. The molecule has 2 atom stereocenters. The van der Waals surface area contributed by atoms with Crippen molar-refractivity contribution in [2.24, 2.45) is 5.73 Å². The molecule has 0 aliphatic carbocycles. The zero-order chi connectivity index (χ0) is 12.2. The average Bonchev–Trinajstić information content (AvgIpc) is 2.30. The summed E-state index contributed by atoms with van der Waals surface area (Å²) in [6.07, 6.45) is 0. The van der Waals surface area contributed by atoms with E-state index in [1.807, 2.05) is 6.07 Å². The van der Waals surface area contributed by atoms with Gasteiger partial charge in [-0.3, -0.25) is 0 Å². The van der Waals surface area contributed by atoms with Crippen molar-refractivity contribution in [3.8, 4) is 0 Å². The van der Waals surface area contributed by atoms with Crippen molar-refractivity contribution >= 4 is 9.84 Å². The topological polar surface area (TPSA) is 80.4 Å². The van der Waals surface area contributed by atoms with Gasteiger partial charge in [0.25, 0.3) is 0 Å². The standard InChI is InChI=1S/C11H17NO3S/c1-2-16(14,15)10(8-13)11(12)9-6-4-3-5-7-9/h3-7,10-11,13H,2,8,12H2,1H3. The molecular weight excluding hydrogens is 226 g/mol. The second kappa shape index (κ2) is 5.43. The van der Waals surface area contributed by atoms with E-state index in [2.05, 4.69) is 0 Å². The molecule has 3 N–H and O–H groups in total. The van der Waals surface area contributed by atoms with Crippen LogP contribution in [0, 0.1) is 0 Å². The van der Waals surface area contributed by atoms with E-state index in [0.717, 1.165) is 5.56 Å². The molecule has 0 saturated heterocycles. The van der Waals surface area contributed by atoms with Gasteiger partial charge in [-0.15, -0.1) is 0 Å². The van der Waals surface area contributed by atoms with Crippen LogP contribution in [0.5, 0.6) is 0 Å². The van der Waals surface area contributed by atoms with Gasteiger partial charge in [-0.05, 0) is 5.56 Å². The predicted octanol–water partition coefficient (Wildman–Crippen LogP) is 0.482. The van der Waals surface area contributed by atoms with Crippen molar-refractivity contribution in [1.29, 1.82) is 0 Å². The van der Waals surface area contributed by atoms with Crippen LogP contribution < -0.4 is 5.73 Å². The zero-order valence-electron chi connectivity index (χ0n) is 9.20. The Hall–Kier alpha value is -0.910. The maximum absolute atomic E-state index is 11.7. The van der Waals surface area contributed by atoms with Gasteiger partial charge in [-0.1, -0.05) is 37.3 Å². The Morgan fingerprint density at radius 1 is 1.31 bits per heavy atom. The number of rotatable bonds is 5. The van der Waals surface area contributed by atoms with Gasteiger partial charge < -0.3 is 10.8 Å². The minimum atomic E-state index is -3.33. The molecule has 0 spiro atoms. The summed E-state index contributed by atoms with van der Waals surface area (Å²) >= 11 is 0. The van der Waals surface area contributed by atoms with E-state index in [9.17, 15) is 8.42 Å². The highest BCUT2D eigenvalue weighted by Gasteiger charge is 2.30. The molecule has 0 aliphatic heterocycles. The number of sulfone groups is 1. The highest BCUT2D eigenvalue weighted by atomic mass is 32.2. The summed E-state index contributed by atoms with van der Waals surface area (Å²) in [5, 5.41) is 8.23. The van der Waals surface area contributed by atoms with Gasteiger partial charge >= 0.3 is 0 Å². The van der Waals surface area contributed by atoms with E-state index < -0.39 is 27.7 Å². The molecule has 0 fully saturated rings. The van der Waals surface area contributed by atoms with Gasteiger partial charge in [-0.25, -0.2) is 8.42 Å². The molecule has 0 saturated carbocycles. The number of hydrogen-bond acceptors (Lipinski definition) is 4. The zero-order valence-corrected chi connectivity index (χ0v) is 10.0. The van der Waals surface area contributed by atoms with Crippen LogP contribution in [0.4, 0.5) is 0 Å².